The number of thiol groups is 1. The molecule has 0 amide bonds. The second-order valence-electron chi connectivity index (χ2n) is 6.29. The van der Waals surface area contributed by atoms with E-state index in [1.807, 2.05) is 0 Å². The molecule has 0 aliphatic rings. The highest BCUT2D eigenvalue weighted by atomic mass is 32.1. The molecule has 0 aromatic carbocycles. The zero-order valence-electron chi connectivity index (χ0n) is 14.8. The smallest absolute Gasteiger partial charge is 0.306 e. The lowest BCUT2D eigenvalue weighted by Gasteiger charge is -2.04. The number of rotatable bonds is 17. The Morgan fingerprint density at radius 1 is 0.727 bits per heavy atom. The van der Waals surface area contributed by atoms with Gasteiger partial charge in [-0.25, -0.2) is 0 Å². The zero-order chi connectivity index (χ0) is 16.3. The molecule has 0 radical (unpaired) electrons. The Morgan fingerprint density at radius 2 is 1.14 bits per heavy atom. The summed E-state index contributed by atoms with van der Waals surface area (Å²) >= 11 is 4.01. The molecule has 3 heteroatoms. The highest BCUT2D eigenvalue weighted by Gasteiger charge is 2.00. The third-order valence-corrected chi connectivity index (χ3v) is 4.30. The van der Waals surface area contributed by atoms with Crippen LogP contribution < -0.4 is 0 Å². The fraction of sp³-hybridized carbons (Fsp3) is 0.947. The van der Waals surface area contributed by atoms with Gasteiger partial charge in [0.1, 0.15) is 0 Å². The second kappa shape index (κ2) is 18.9. The van der Waals surface area contributed by atoms with E-state index in [2.05, 4.69) is 19.6 Å². The topological polar surface area (TPSA) is 26.3 Å². The Labute approximate surface area is 144 Å². The molecule has 0 aromatic heterocycles. The molecular formula is C19H38O2S. The fourth-order valence-corrected chi connectivity index (χ4v) is 2.83. The molecule has 0 rings (SSSR count). The van der Waals surface area contributed by atoms with Crippen LogP contribution in [-0.4, -0.2) is 18.3 Å². The van der Waals surface area contributed by atoms with E-state index in [1.54, 1.807) is 0 Å². The molecule has 2 nitrogen and oxygen atoms in total. The van der Waals surface area contributed by atoms with Gasteiger partial charge in [-0.3, -0.25) is 4.79 Å². The Kier molecular flexibility index (Phi) is 18.7. The van der Waals surface area contributed by atoms with E-state index in [0.717, 1.165) is 6.42 Å². The van der Waals surface area contributed by atoms with Crippen molar-refractivity contribution < 1.29 is 9.53 Å². The molecule has 0 atom stereocenters. The van der Waals surface area contributed by atoms with Crippen molar-refractivity contribution in [2.45, 2.75) is 103 Å². The molecule has 0 unspecified atom stereocenters. The minimum absolute atomic E-state index is 0.107. The summed E-state index contributed by atoms with van der Waals surface area (Å²) in [5.74, 6) is 0.474. The highest BCUT2D eigenvalue weighted by molar-refractivity contribution is 7.80. The van der Waals surface area contributed by atoms with Crippen molar-refractivity contribution in [3.63, 3.8) is 0 Å². The van der Waals surface area contributed by atoms with Crippen LogP contribution in [0.15, 0.2) is 0 Å². The molecule has 22 heavy (non-hydrogen) atoms. The van der Waals surface area contributed by atoms with Crippen molar-refractivity contribution in [2.24, 2.45) is 0 Å². The van der Waals surface area contributed by atoms with Crippen molar-refractivity contribution in [1.29, 1.82) is 0 Å². The van der Waals surface area contributed by atoms with E-state index < -0.39 is 0 Å². The van der Waals surface area contributed by atoms with E-state index in [9.17, 15) is 4.79 Å². The quantitative estimate of drug-likeness (QED) is 0.191. The largest absolute Gasteiger partial charge is 0.466 e. The van der Waals surface area contributed by atoms with Crippen LogP contribution in [0.5, 0.6) is 0 Å². The van der Waals surface area contributed by atoms with Gasteiger partial charge in [0, 0.05) is 5.75 Å². The van der Waals surface area contributed by atoms with Gasteiger partial charge >= 0.3 is 5.97 Å². The van der Waals surface area contributed by atoms with Gasteiger partial charge in [-0.2, -0.15) is 12.6 Å². The monoisotopic (exact) mass is 330 g/mol. The Morgan fingerprint density at radius 3 is 1.55 bits per heavy atom. The van der Waals surface area contributed by atoms with Gasteiger partial charge in [-0.05, 0) is 6.42 Å². The van der Waals surface area contributed by atoms with Crippen LogP contribution in [0.3, 0.4) is 0 Å². The molecule has 0 saturated carbocycles. The molecule has 0 aliphatic carbocycles. The number of carbonyl (C=O) groups is 1. The van der Waals surface area contributed by atoms with Crippen molar-refractivity contribution >= 4 is 18.6 Å². The first-order valence-electron chi connectivity index (χ1n) is 9.57. The molecule has 0 aliphatic heterocycles. The maximum Gasteiger partial charge on any atom is 0.306 e. The summed E-state index contributed by atoms with van der Waals surface area (Å²) in [7, 11) is 0. The first-order valence-corrected chi connectivity index (χ1v) is 10.2. The summed E-state index contributed by atoms with van der Waals surface area (Å²) in [5.41, 5.74) is 0. The molecule has 0 spiro atoms. The first kappa shape index (κ1) is 21.8. The molecule has 0 N–H and O–H groups in total. The van der Waals surface area contributed by atoms with Crippen molar-refractivity contribution in [2.75, 3.05) is 12.4 Å². The summed E-state index contributed by atoms with van der Waals surface area (Å²) in [6.07, 6.45) is 19.3. The maximum atomic E-state index is 11.1. The standard InChI is InChI=1S/C19H38O2S/c1-2-3-4-5-6-7-8-9-10-11-12-13-14-15-17-21-19(20)16-18-22/h22H,2-18H2,1H3. The maximum absolute atomic E-state index is 11.1. The lowest BCUT2D eigenvalue weighted by Crippen LogP contribution is -2.06. The summed E-state index contributed by atoms with van der Waals surface area (Å²) in [5, 5.41) is 0. The second-order valence-corrected chi connectivity index (χ2v) is 6.74. The number of esters is 1. The fourth-order valence-electron chi connectivity index (χ4n) is 2.65. The third kappa shape index (κ3) is 17.9. The van der Waals surface area contributed by atoms with Crippen LogP contribution in [0.4, 0.5) is 0 Å². The lowest BCUT2D eigenvalue weighted by molar-refractivity contribution is -0.143. The van der Waals surface area contributed by atoms with Crippen LogP contribution >= 0.6 is 12.6 Å². The SMILES string of the molecule is CCCCCCCCCCCCCCCCOC(=O)CCS. The molecule has 0 saturated heterocycles. The van der Waals surface area contributed by atoms with Crippen molar-refractivity contribution in [3.8, 4) is 0 Å². The van der Waals surface area contributed by atoms with E-state index in [1.165, 1.54) is 83.5 Å². The van der Waals surface area contributed by atoms with Gasteiger partial charge < -0.3 is 4.74 Å². The predicted molar refractivity (Wildman–Crippen MR) is 99.7 cm³/mol. The van der Waals surface area contributed by atoms with Gasteiger partial charge in [0.2, 0.25) is 0 Å². The summed E-state index contributed by atoms with van der Waals surface area (Å²) < 4.78 is 5.10. The summed E-state index contributed by atoms with van der Waals surface area (Å²) in [6.45, 7) is 2.86. The zero-order valence-corrected chi connectivity index (χ0v) is 15.7. The molecular weight excluding hydrogens is 292 g/mol. The van der Waals surface area contributed by atoms with Crippen LogP contribution in [-0.2, 0) is 9.53 Å². The lowest BCUT2D eigenvalue weighted by atomic mass is 10.0. The van der Waals surface area contributed by atoms with Crippen molar-refractivity contribution in [3.05, 3.63) is 0 Å². The number of hydrogen-bond donors (Lipinski definition) is 1. The minimum atomic E-state index is -0.107. The molecule has 0 heterocycles. The number of ether oxygens (including phenoxy) is 1. The van der Waals surface area contributed by atoms with Gasteiger partial charge in [0.15, 0.2) is 0 Å². The van der Waals surface area contributed by atoms with Gasteiger partial charge in [-0.1, -0.05) is 90.4 Å². The third-order valence-electron chi connectivity index (χ3n) is 4.08. The van der Waals surface area contributed by atoms with E-state index in [0.29, 0.717) is 18.8 Å². The normalized spacial score (nSPS) is 10.8. The first-order chi connectivity index (χ1) is 10.8. The average Bonchev–Trinajstić information content (AvgIpc) is 2.51. The van der Waals surface area contributed by atoms with Crippen LogP contribution in [0.1, 0.15) is 103 Å². The van der Waals surface area contributed by atoms with E-state index in [-0.39, 0.29) is 5.97 Å². The molecule has 0 bridgehead atoms. The molecule has 0 fully saturated rings. The molecule has 0 aromatic rings. The van der Waals surface area contributed by atoms with Crippen LogP contribution in [0.2, 0.25) is 0 Å². The van der Waals surface area contributed by atoms with Gasteiger partial charge in [0.25, 0.3) is 0 Å². The minimum Gasteiger partial charge on any atom is -0.466 e. The Bertz CT molecular complexity index is 231. The summed E-state index contributed by atoms with van der Waals surface area (Å²) in [6, 6.07) is 0. The predicted octanol–water partition coefficient (Wildman–Crippen LogP) is 6.33. The average molecular weight is 331 g/mol. The van der Waals surface area contributed by atoms with Crippen LogP contribution in [0.25, 0.3) is 0 Å². The van der Waals surface area contributed by atoms with Crippen LogP contribution in [0, 0.1) is 0 Å². The van der Waals surface area contributed by atoms with E-state index in [4.69, 9.17) is 4.74 Å². The summed E-state index contributed by atoms with van der Waals surface area (Å²) in [4.78, 5) is 11.1. The van der Waals surface area contributed by atoms with Crippen molar-refractivity contribution in [1.82, 2.24) is 0 Å². The number of carbonyl (C=O) groups excluding carboxylic acids is 1. The highest BCUT2D eigenvalue weighted by Crippen LogP contribution is 2.12. The number of unbranched alkanes of at least 4 members (excludes halogenated alkanes) is 13. The number of hydrogen-bond acceptors (Lipinski definition) is 3. The van der Waals surface area contributed by atoms with E-state index >= 15 is 0 Å². The van der Waals surface area contributed by atoms with Gasteiger partial charge in [-0.15, -0.1) is 0 Å². The Balaban J connectivity index is 3.01. The molecule has 132 valence electrons. The Hall–Kier alpha value is -0.180. The van der Waals surface area contributed by atoms with Gasteiger partial charge in [0.05, 0.1) is 13.0 Å².